The molecule has 1 unspecified atom stereocenters. The monoisotopic (exact) mass is 304 g/mol. The minimum atomic E-state index is -0.510. The molecule has 0 N–H and O–H groups in total. The number of likely N-dealkylation sites (tertiary alicyclic amines) is 1. The number of ether oxygens (including phenoxy) is 2. The number of hydrogen-bond acceptors (Lipinski definition) is 4. The van der Waals surface area contributed by atoms with Crippen molar-refractivity contribution in [1.29, 1.82) is 0 Å². The number of carbonyl (C=O) groups is 1. The van der Waals surface area contributed by atoms with Gasteiger partial charge in [0.1, 0.15) is 0 Å². The minimum Gasteiger partial charge on any atom is -0.347 e. The Morgan fingerprint density at radius 3 is 2.82 bits per heavy atom. The predicted molar refractivity (Wildman–Crippen MR) is 82.2 cm³/mol. The molecule has 0 aliphatic carbocycles. The second-order valence-electron chi connectivity index (χ2n) is 6.25. The molecule has 1 amide bonds. The molecular formula is C17H24N2O3. The molecular weight excluding hydrogens is 280 g/mol. The molecule has 0 radical (unpaired) electrons. The molecule has 0 aromatic carbocycles. The number of amides is 1. The molecule has 22 heavy (non-hydrogen) atoms. The number of aromatic nitrogens is 1. The third-order valence-corrected chi connectivity index (χ3v) is 4.75. The van der Waals surface area contributed by atoms with Crippen molar-refractivity contribution in [1.82, 2.24) is 9.88 Å². The van der Waals surface area contributed by atoms with E-state index in [9.17, 15) is 4.79 Å². The summed E-state index contributed by atoms with van der Waals surface area (Å²) in [5.41, 5.74) is 1.16. The van der Waals surface area contributed by atoms with Gasteiger partial charge in [0.05, 0.1) is 13.2 Å². The Labute approximate surface area is 131 Å². The van der Waals surface area contributed by atoms with Gasteiger partial charge in [0.25, 0.3) is 0 Å². The van der Waals surface area contributed by atoms with E-state index in [0.717, 1.165) is 37.9 Å². The highest BCUT2D eigenvalue weighted by Gasteiger charge is 2.42. The molecule has 0 bridgehead atoms. The average molecular weight is 304 g/mol. The maximum atomic E-state index is 12.5. The quantitative estimate of drug-likeness (QED) is 0.854. The Kier molecular flexibility index (Phi) is 4.74. The molecule has 5 heteroatoms. The lowest BCUT2D eigenvalue weighted by Gasteiger charge is -2.40. The van der Waals surface area contributed by atoms with E-state index >= 15 is 0 Å². The Balaban J connectivity index is 1.54. The van der Waals surface area contributed by atoms with Crippen LogP contribution in [-0.4, -0.2) is 47.9 Å². The molecule has 1 atom stereocenters. The van der Waals surface area contributed by atoms with E-state index < -0.39 is 5.79 Å². The van der Waals surface area contributed by atoms with Crippen molar-refractivity contribution in [2.45, 2.75) is 38.4 Å². The zero-order valence-corrected chi connectivity index (χ0v) is 13.2. The van der Waals surface area contributed by atoms with Gasteiger partial charge in [-0.1, -0.05) is 0 Å². The molecule has 5 nitrogen and oxygen atoms in total. The second-order valence-corrected chi connectivity index (χ2v) is 6.25. The standard InChI is InChI=1S/C17H24N2O3/c1-17(21-11-12-22-17)15-3-2-10-19(13-15)16(20)5-4-14-6-8-18-9-7-14/h6-9,15H,2-5,10-13H2,1H3. The maximum absolute atomic E-state index is 12.5. The number of piperidine rings is 1. The van der Waals surface area contributed by atoms with Crippen LogP contribution in [0.25, 0.3) is 0 Å². The highest BCUT2D eigenvalue weighted by Crippen LogP contribution is 2.34. The summed E-state index contributed by atoms with van der Waals surface area (Å²) in [4.78, 5) is 18.4. The van der Waals surface area contributed by atoms with Gasteiger partial charge in [-0.3, -0.25) is 9.78 Å². The number of aryl methyl sites for hydroxylation is 1. The van der Waals surface area contributed by atoms with Crippen LogP contribution in [0.1, 0.15) is 31.7 Å². The number of rotatable bonds is 4. The van der Waals surface area contributed by atoms with E-state index in [1.54, 1.807) is 12.4 Å². The number of nitrogens with zero attached hydrogens (tertiary/aromatic N) is 2. The van der Waals surface area contributed by atoms with Crippen LogP contribution in [0.5, 0.6) is 0 Å². The lowest BCUT2D eigenvalue weighted by Crippen LogP contribution is -2.48. The van der Waals surface area contributed by atoms with Crippen molar-refractivity contribution >= 4 is 5.91 Å². The molecule has 1 aromatic rings. The van der Waals surface area contributed by atoms with E-state index in [4.69, 9.17) is 9.47 Å². The first-order valence-electron chi connectivity index (χ1n) is 8.12. The number of pyridine rings is 1. The van der Waals surface area contributed by atoms with Crippen LogP contribution in [0.2, 0.25) is 0 Å². The fourth-order valence-electron chi connectivity index (χ4n) is 3.36. The molecule has 2 aliphatic rings. The number of hydrogen-bond donors (Lipinski definition) is 0. The average Bonchev–Trinajstić information content (AvgIpc) is 3.02. The zero-order valence-electron chi connectivity index (χ0n) is 13.2. The van der Waals surface area contributed by atoms with Crippen molar-refractivity contribution in [3.8, 4) is 0 Å². The summed E-state index contributed by atoms with van der Waals surface area (Å²) in [7, 11) is 0. The van der Waals surface area contributed by atoms with Crippen LogP contribution in [0.15, 0.2) is 24.5 Å². The summed E-state index contributed by atoms with van der Waals surface area (Å²) in [5, 5.41) is 0. The summed E-state index contributed by atoms with van der Waals surface area (Å²) >= 11 is 0. The van der Waals surface area contributed by atoms with Gasteiger partial charge in [0, 0.05) is 37.8 Å². The van der Waals surface area contributed by atoms with Crippen molar-refractivity contribution in [2.24, 2.45) is 5.92 Å². The van der Waals surface area contributed by atoms with Gasteiger partial charge in [0.15, 0.2) is 5.79 Å². The van der Waals surface area contributed by atoms with Crippen molar-refractivity contribution in [3.05, 3.63) is 30.1 Å². The molecule has 2 aliphatic heterocycles. The molecule has 2 fully saturated rings. The van der Waals surface area contributed by atoms with Crippen LogP contribution in [0.4, 0.5) is 0 Å². The van der Waals surface area contributed by atoms with Gasteiger partial charge in [-0.25, -0.2) is 0 Å². The van der Waals surface area contributed by atoms with E-state index in [0.29, 0.717) is 19.6 Å². The van der Waals surface area contributed by atoms with E-state index in [1.165, 1.54) is 0 Å². The smallest absolute Gasteiger partial charge is 0.222 e. The van der Waals surface area contributed by atoms with Crippen molar-refractivity contribution in [3.63, 3.8) is 0 Å². The summed E-state index contributed by atoms with van der Waals surface area (Å²) in [6.45, 7) is 4.91. The SMILES string of the molecule is CC1(C2CCCN(C(=O)CCc3ccncc3)C2)OCCO1. The Bertz CT molecular complexity index is 500. The Hall–Kier alpha value is -1.46. The lowest BCUT2D eigenvalue weighted by molar-refractivity contribution is -0.193. The third kappa shape index (κ3) is 3.47. The van der Waals surface area contributed by atoms with Gasteiger partial charge in [0.2, 0.25) is 5.91 Å². The normalized spacial score (nSPS) is 24.4. The van der Waals surface area contributed by atoms with Crippen LogP contribution in [0, 0.1) is 5.92 Å². The predicted octanol–water partition coefficient (Wildman–Crippen LogP) is 2.02. The zero-order chi connectivity index (χ0) is 15.4. The first-order valence-corrected chi connectivity index (χ1v) is 8.12. The Morgan fingerprint density at radius 2 is 2.09 bits per heavy atom. The number of carbonyl (C=O) groups excluding carboxylic acids is 1. The van der Waals surface area contributed by atoms with Gasteiger partial charge in [-0.15, -0.1) is 0 Å². The molecule has 2 saturated heterocycles. The lowest BCUT2D eigenvalue weighted by atomic mass is 9.90. The molecule has 0 spiro atoms. The summed E-state index contributed by atoms with van der Waals surface area (Å²) in [5.74, 6) is -0.0129. The highest BCUT2D eigenvalue weighted by molar-refractivity contribution is 5.76. The molecule has 3 rings (SSSR count). The summed E-state index contributed by atoms with van der Waals surface area (Å²) < 4.78 is 11.5. The first-order chi connectivity index (χ1) is 10.7. The van der Waals surface area contributed by atoms with E-state index in [-0.39, 0.29) is 11.8 Å². The third-order valence-electron chi connectivity index (χ3n) is 4.75. The molecule has 1 aromatic heterocycles. The molecule has 0 saturated carbocycles. The molecule has 120 valence electrons. The summed E-state index contributed by atoms with van der Waals surface area (Å²) in [6.07, 6.45) is 6.94. The van der Waals surface area contributed by atoms with E-state index in [1.807, 2.05) is 24.0 Å². The highest BCUT2D eigenvalue weighted by atomic mass is 16.7. The van der Waals surface area contributed by atoms with Crippen LogP contribution in [0.3, 0.4) is 0 Å². The minimum absolute atomic E-state index is 0.225. The maximum Gasteiger partial charge on any atom is 0.222 e. The van der Waals surface area contributed by atoms with Crippen LogP contribution in [-0.2, 0) is 20.7 Å². The fraction of sp³-hybridized carbons (Fsp3) is 0.647. The topological polar surface area (TPSA) is 51.7 Å². The van der Waals surface area contributed by atoms with E-state index in [2.05, 4.69) is 4.98 Å². The second kappa shape index (κ2) is 6.75. The van der Waals surface area contributed by atoms with Gasteiger partial charge in [-0.05, 0) is 43.9 Å². The van der Waals surface area contributed by atoms with Gasteiger partial charge >= 0.3 is 0 Å². The van der Waals surface area contributed by atoms with Crippen molar-refractivity contribution < 1.29 is 14.3 Å². The Morgan fingerprint density at radius 1 is 1.36 bits per heavy atom. The van der Waals surface area contributed by atoms with Gasteiger partial charge in [-0.2, -0.15) is 0 Å². The fourth-order valence-corrected chi connectivity index (χ4v) is 3.36. The largest absolute Gasteiger partial charge is 0.347 e. The summed E-state index contributed by atoms with van der Waals surface area (Å²) in [6, 6.07) is 3.93. The molecule has 3 heterocycles. The van der Waals surface area contributed by atoms with Crippen LogP contribution < -0.4 is 0 Å². The first kappa shape index (κ1) is 15.4. The van der Waals surface area contributed by atoms with Crippen molar-refractivity contribution in [2.75, 3.05) is 26.3 Å². The van der Waals surface area contributed by atoms with Gasteiger partial charge < -0.3 is 14.4 Å². The van der Waals surface area contributed by atoms with Crippen LogP contribution >= 0.6 is 0 Å².